The topological polar surface area (TPSA) is 38.0 Å². The van der Waals surface area contributed by atoms with Crippen molar-refractivity contribution in [1.29, 1.82) is 0 Å². The molecule has 102 valence electrons. The highest BCUT2D eigenvalue weighted by Crippen LogP contribution is 2.32. The molecule has 1 saturated carbocycles. The summed E-state index contributed by atoms with van der Waals surface area (Å²) in [4.78, 5) is 0. The molecule has 3 nitrogen and oxygen atoms in total. The predicted octanol–water partition coefficient (Wildman–Crippen LogP) is 3.57. The largest absolute Gasteiger partial charge is 0.389 e. The minimum atomic E-state index is -0.396. The van der Waals surface area contributed by atoms with E-state index in [4.69, 9.17) is 5.10 Å². The molecule has 0 aromatic carbocycles. The van der Waals surface area contributed by atoms with Crippen molar-refractivity contribution in [2.45, 2.75) is 77.9 Å². The smallest absolute Gasteiger partial charge is 0.0798 e. The van der Waals surface area contributed by atoms with Crippen LogP contribution in [0.2, 0.25) is 0 Å². The molecule has 1 atom stereocenters. The van der Waals surface area contributed by atoms with E-state index in [1.54, 1.807) is 0 Å². The van der Waals surface area contributed by atoms with Crippen molar-refractivity contribution in [3.05, 3.63) is 17.0 Å². The number of rotatable bonds is 4. The Balaban J connectivity index is 2.39. The predicted molar refractivity (Wildman–Crippen MR) is 73.7 cm³/mol. The lowest BCUT2D eigenvalue weighted by Gasteiger charge is -2.24. The Labute approximate surface area is 110 Å². The van der Waals surface area contributed by atoms with E-state index in [0.29, 0.717) is 6.04 Å². The first-order chi connectivity index (χ1) is 8.69. The number of hydrogen-bond donors (Lipinski definition) is 1. The van der Waals surface area contributed by atoms with Gasteiger partial charge in [0, 0.05) is 11.3 Å². The summed E-state index contributed by atoms with van der Waals surface area (Å²) in [5, 5.41) is 14.8. The van der Waals surface area contributed by atoms with E-state index in [1.165, 1.54) is 37.8 Å². The van der Waals surface area contributed by atoms with Crippen LogP contribution in [0, 0.1) is 0 Å². The van der Waals surface area contributed by atoms with E-state index >= 15 is 0 Å². The van der Waals surface area contributed by atoms with Gasteiger partial charge in [0.1, 0.15) is 0 Å². The molecular formula is C15H26N2O. The standard InChI is InChI=1S/C15H26N2O/c1-4-13-15(11(3)18)14(5-2)17(16-13)12-9-7-6-8-10-12/h11-12,18H,4-10H2,1-3H3. The third kappa shape index (κ3) is 2.46. The van der Waals surface area contributed by atoms with Crippen LogP contribution in [0.25, 0.3) is 0 Å². The number of aliphatic hydroxyl groups is 1. The Morgan fingerprint density at radius 1 is 1.22 bits per heavy atom. The summed E-state index contributed by atoms with van der Waals surface area (Å²) in [6.45, 7) is 6.15. The Morgan fingerprint density at radius 2 is 1.89 bits per heavy atom. The van der Waals surface area contributed by atoms with Gasteiger partial charge in [-0.15, -0.1) is 0 Å². The zero-order valence-corrected chi connectivity index (χ0v) is 11.9. The molecule has 1 unspecified atom stereocenters. The Morgan fingerprint density at radius 3 is 2.39 bits per heavy atom. The summed E-state index contributed by atoms with van der Waals surface area (Å²) in [6.07, 6.45) is 7.97. The average Bonchev–Trinajstić information content (AvgIpc) is 2.78. The summed E-state index contributed by atoms with van der Waals surface area (Å²) >= 11 is 0. The van der Waals surface area contributed by atoms with Gasteiger partial charge in [-0.2, -0.15) is 5.10 Å². The summed E-state index contributed by atoms with van der Waals surface area (Å²) in [5.41, 5.74) is 3.44. The molecule has 2 rings (SSSR count). The fraction of sp³-hybridized carbons (Fsp3) is 0.800. The van der Waals surface area contributed by atoms with Gasteiger partial charge in [-0.1, -0.05) is 33.1 Å². The van der Waals surface area contributed by atoms with Crippen LogP contribution < -0.4 is 0 Å². The highest BCUT2D eigenvalue weighted by atomic mass is 16.3. The highest BCUT2D eigenvalue weighted by molar-refractivity contribution is 5.29. The van der Waals surface area contributed by atoms with Gasteiger partial charge in [0.2, 0.25) is 0 Å². The molecule has 0 aliphatic heterocycles. The number of hydrogen-bond acceptors (Lipinski definition) is 2. The molecular weight excluding hydrogens is 224 g/mol. The van der Waals surface area contributed by atoms with Crippen LogP contribution in [-0.2, 0) is 12.8 Å². The lowest BCUT2D eigenvalue weighted by Crippen LogP contribution is -2.17. The van der Waals surface area contributed by atoms with Crippen LogP contribution in [0.1, 0.15) is 82.0 Å². The Kier molecular flexibility index (Phi) is 4.44. The maximum atomic E-state index is 10.0. The van der Waals surface area contributed by atoms with E-state index in [0.717, 1.165) is 24.1 Å². The van der Waals surface area contributed by atoms with E-state index in [9.17, 15) is 5.11 Å². The molecule has 1 aliphatic carbocycles. The van der Waals surface area contributed by atoms with Gasteiger partial charge in [0.25, 0.3) is 0 Å². The first-order valence-corrected chi connectivity index (χ1v) is 7.47. The zero-order valence-electron chi connectivity index (χ0n) is 11.9. The number of aryl methyl sites for hydroxylation is 1. The number of aromatic nitrogens is 2. The molecule has 1 heterocycles. The van der Waals surface area contributed by atoms with Crippen molar-refractivity contribution in [1.82, 2.24) is 9.78 Å². The molecule has 1 aromatic heterocycles. The minimum absolute atomic E-state index is 0.396. The molecule has 18 heavy (non-hydrogen) atoms. The SMILES string of the molecule is CCc1nn(C2CCCCC2)c(CC)c1C(C)O. The molecule has 1 N–H and O–H groups in total. The molecule has 1 aromatic rings. The second-order valence-electron chi connectivity index (χ2n) is 5.43. The third-order valence-electron chi connectivity index (χ3n) is 4.13. The molecule has 0 radical (unpaired) electrons. The molecule has 1 aliphatic rings. The van der Waals surface area contributed by atoms with Crippen molar-refractivity contribution >= 4 is 0 Å². The van der Waals surface area contributed by atoms with Crippen LogP contribution in [0.4, 0.5) is 0 Å². The van der Waals surface area contributed by atoms with E-state index < -0.39 is 6.10 Å². The van der Waals surface area contributed by atoms with Crippen LogP contribution in [0.15, 0.2) is 0 Å². The molecule has 1 fully saturated rings. The van der Waals surface area contributed by atoms with Gasteiger partial charge < -0.3 is 5.11 Å². The fourth-order valence-corrected chi connectivity index (χ4v) is 3.26. The quantitative estimate of drug-likeness (QED) is 0.887. The number of nitrogens with zero attached hydrogens (tertiary/aromatic N) is 2. The second kappa shape index (κ2) is 5.87. The van der Waals surface area contributed by atoms with Crippen molar-refractivity contribution in [3.63, 3.8) is 0 Å². The van der Waals surface area contributed by atoms with E-state index in [-0.39, 0.29) is 0 Å². The van der Waals surface area contributed by atoms with E-state index in [1.807, 2.05) is 6.92 Å². The highest BCUT2D eigenvalue weighted by Gasteiger charge is 2.24. The van der Waals surface area contributed by atoms with Gasteiger partial charge in [-0.05, 0) is 32.6 Å². The molecule has 0 spiro atoms. The second-order valence-corrected chi connectivity index (χ2v) is 5.43. The lowest BCUT2D eigenvalue weighted by atomic mass is 9.95. The van der Waals surface area contributed by atoms with Gasteiger partial charge in [0.15, 0.2) is 0 Å². The van der Waals surface area contributed by atoms with Gasteiger partial charge in [0.05, 0.1) is 17.8 Å². The summed E-state index contributed by atoms with van der Waals surface area (Å²) in [5.74, 6) is 0. The summed E-state index contributed by atoms with van der Waals surface area (Å²) in [6, 6.07) is 0.562. The molecule has 3 heteroatoms. The first kappa shape index (κ1) is 13.6. The van der Waals surface area contributed by atoms with Gasteiger partial charge >= 0.3 is 0 Å². The first-order valence-electron chi connectivity index (χ1n) is 7.47. The summed E-state index contributed by atoms with van der Waals surface area (Å²) < 4.78 is 2.24. The monoisotopic (exact) mass is 250 g/mol. The fourth-order valence-electron chi connectivity index (χ4n) is 3.26. The van der Waals surface area contributed by atoms with Crippen molar-refractivity contribution < 1.29 is 5.11 Å². The molecule has 0 saturated heterocycles. The average molecular weight is 250 g/mol. The van der Waals surface area contributed by atoms with Gasteiger partial charge in [-0.25, -0.2) is 0 Å². The van der Waals surface area contributed by atoms with Crippen LogP contribution in [0.3, 0.4) is 0 Å². The Bertz CT molecular complexity index is 389. The molecule has 0 amide bonds. The normalized spacial score (nSPS) is 19.1. The maximum absolute atomic E-state index is 10.0. The lowest BCUT2D eigenvalue weighted by molar-refractivity contribution is 0.196. The Hall–Kier alpha value is -0.830. The minimum Gasteiger partial charge on any atom is -0.389 e. The zero-order chi connectivity index (χ0) is 13.1. The maximum Gasteiger partial charge on any atom is 0.0798 e. The van der Waals surface area contributed by atoms with Gasteiger partial charge in [-0.3, -0.25) is 4.68 Å². The number of aliphatic hydroxyl groups excluding tert-OH is 1. The van der Waals surface area contributed by atoms with Crippen molar-refractivity contribution in [3.8, 4) is 0 Å². The van der Waals surface area contributed by atoms with E-state index in [2.05, 4.69) is 18.5 Å². The van der Waals surface area contributed by atoms with Crippen LogP contribution in [0.5, 0.6) is 0 Å². The van der Waals surface area contributed by atoms with Crippen LogP contribution in [-0.4, -0.2) is 14.9 Å². The van der Waals surface area contributed by atoms with Crippen LogP contribution >= 0.6 is 0 Å². The third-order valence-corrected chi connectivity index (χ3v) is 4.13. The summed E-state index contributed by atoms with van der Waals surface area (Å²) in [7, 11) is 0. The van der Waals surface area contributed by atoms with Crippen molar-refractivity contribution in [2.75, 3.05) is 0 Å². The molecule has 0 bridgehead atoms. The van der Waals surface area contributed by atoms with Crippen molar-refractivity contribution in [2.24, 2.45) is 0 Å².